The molecule has 3 aromatic rings. The highest BCUT2D eigenvalue weighted by atomic mass is 32.2. The van der Waals surface area contributed by atoms with Crippen molar-refractivity contribution >= 4 is 28.6 Å². The molecule has 0 amide bonds. The van der Waals surface area contributed by atoms with Crippen LogP contribution in [-0.2, 0) is 9.53 Å². The van der Waals surface area contributed by atoms with Crippen molar-refractivity contribution in [3.8, 4) is 5.69 Å². The lowest BCUT2D eigenvalue weighted by Crippen LogP contribution is -2.26. The highest BCUT2D eigenvalue weighted by Gasteiger charge is 2.20. The molecule has 0 aliphatic rings. The number of fused-ring (bicyclic) bond motifs is 1. The Labute approximate surface area is 175 Å². The molecule has 0 saturated heterocycles. The third-order valence-corrected chi connectivity index (χ3v) is 5.20. The van der Waals surface area contributed by atoms with E-state index in [0.29, 0.717) is 16.1 Å². The zero-order valence-electron chi connectivity index (χ0n) is 17.4. The van der Waals surface area contributed by atoms with Gasteiger partial charge in [0.15, 0.2) is 5.16 Å². The Bertz CT molecular complexity index is 1100. The Balaban J connectivity index is 2.13. The Morgan fingerprint density at radius 1 is 1.10 bits per heavy atom. The Morgan fingerprint density at radius 2 is 1.76 bits per heavy atom. The smallest absolute Gasteiger partial charge is 0.316 e. The predicted molar refractivity (Wildman–Crippen MR) is 118 cm³/mol. The Morgan fingerprint density at radius 3 is 2.45 bits per heavy atom. The number of rotatable bonds is 5. The first kappa shape index (κ1) is 21.1. The van der Waals surface area contributed by atoms with Crippen LogP contribution >= 0.6 is 11.8 Å². The van der Waals surface area contributed by atoms with Crippen molar-refractivity contribution in [2.75, 3.05) is 5.75 Å². The van der Waals surface area contributed by atoms with Crippen LogP contribution in [0.15, 0.2) is 58.5 Å². The summed E-state index contributed by atoms with van der Waals surface area (Å²) >= 11 is 1.22. The van der Waals surface area contributed by atoms with E-state index >= 15 is 0 Å². The van der Waals surface area contributed by atoms with Gasteiger partial charge in [-0.3, -0.25) is 14.2 Å². The van der Waals surface area contributed by atoms with E-state index in [2.05, 4.69) is 13.8 Å². The maximum Gasteiger partial charge on any atom is 0.316 e. The van der Waals surface area contributed by atoms with Crippen LogP contribution < -0.4 is 5.56 Å². The fraction of sp³-hybridized carbons (Fsp3) is 0.348. The second kappa shape index (κ2) is 8.41. The van der Waals surface area contributed by atoms with Gasteiger partial charge in [0.1, 0.15) is 5.60 Å². The minimum absolute atomic E-state index is 0.0753. The van der Waals surface area contributed by atoms with Crippen molar-refractivity contribution in [1.82, 2.24) is 9.55 Å². The summed E-state index contributed by atoms with van der Waals surface area (Å²) in [7, 11) is 0. The van der Waals surface area contributed by atoms with E-state index in [1.165, 1.54) is 11.8 Å². The lowest BCUT2D eigenvalue weighted by molar-refractivity contribution is -0.151. The third kappa shape index (κ3) is 4.88. The largest absolute Gasteiger partial charge is 0.459 e. The molecule has 0 bridgehead atoms. The molecule has 0 atom stereocenters. The molecule has 29 heavy (non-hydrogen) atoms. The summed E-state index contributed by atoms with van der Waals surface area (Å²) in [6.45, 7) is 9.67. The molecule has 0 unspecified atom stereocenters. The first-order chi connectivity index (χ1) is 13.7. The molecule has 6 heteroatoms. The second-order valence-corrected chi connectivity index (χ2v) is 9.08. The molecule has 0 radical (unpaired) electrons. The normalized spacial score (nSPS) is 11.8. The van der Waals surface area contributed by atoms with E-state index in [0.717, 1.165) is 11.3 Å². The standard InChI is InChI=1S/C23H26N2O3S/c1-15(2)16-10-7-9-13-19(16)25-21(27)17-11-6-8-12-18(17)24-22(25)29-14-20(26)28-23(3,4)5/h6-13,15H,14H2,1-5H3. The van der Waals surface area contributed by atoms with Gasteiger partial charge in [-0.05, 0) is 50.5 Å². The minimum atomic E-state index is -0.557. The number of hydrogen-bond acceptors (Lipinski definition) is 5. The van der Waals surface area contributed by atoms with Gasteiger partial charge in [0.25, 0.3) is 5.56 Å². The zero-order chi connectivity index (χ0) is 21.2. The summed E-state index contributed by atoms with van der Waals surface area (Å²) < 4.78 is 7.03. The highest BCUT2D eigenvalue weighted by molar-refractivity contribution is 7.99. The quantitative estimate of drug-likeness (QED) is 0.339. The van der Waals surface area contributed by atoms with Crippen LogP contribution in [0.25, 0.3) is 16.6 Å². The molecular weight excluding hydrogens is 384 g/mol. The molecule has 0 saturated carbocycles. The van der Waals surface area contributed by atoms with Gasteiger partial charge < -0.3 is 4.74 Å². The number of benzene rings is 2. The number of esters is 1. The minimum Gasteiger partial charge on any atom is -0.459 e. The molecule has 0 aliphatic carbocycles. The van der Waals surface area contributed by atoms with Crippen molar-refractivity contribution in [3.05, 3.63) is 64.4 Å². The van der Waals surface area contributed by atoms with E-state index in [1.54, 1.807) is 10.6 Å². The molecule has 1 heterocycles. The van der Waals surface area contributed by atoms with Crippen LogP contribution in [0.3, 0.4) is 0 Å². The first-order valence-corrected chi connectivity index (χ1v) is 10.6. The molecule has 0 aliphatic heterocycles. The molecule has 152 valence electrons. The maximum absolute atomic E-state index is 13.4. The van der Waals surface area contributed by atoms with Crippen molar-refractivity contribution in [1.29, 1.82) is 0 Å². The van der Waals surface area contributed by atoms with Gasteiger partial charge in [-0.15, -0.1) is 0 Å². The number of para-hydroxylation sites is 2. The van der Waals surface area contributed by atoms with Gasteiger partial charge in [0.2, 0.25) is 0 Å². The molecule has 5 nitrogen and oxygen atoms in total. The lowest BCUT2D eigenvalue weighted by atomic mass is 10.0. The van der Waals surface area contributed by atoms with Gasteiger partial charge in [0, 0.05) is 0 Å². The zero-order valence-corrected chi connectivity index (χ0v) is 18.2. The number of aromatic nitrogens is 2. The Hall–Kier alpha value is -2.60. The van der Waals surface area contributed by atoms with Crippen LogP contribution in [0.1, 0.15) is 46.1 Å². The van der Waals surface area contributed by atoms with E-state index in [4.69, 9.17) is 9.72 Å². The predicted octanol–water partition coefficient (Wildman–Crippen LogP) is 4.94. The van der Waals surface area contributed by atoms with Gasteiger partial charge in [-0.2, -0.15) is 0 Å². The molecule has 1 aromatic heterocycles. The SMILES string of the molecule is CC(C)c1ccccc1-n1c(SCC(=O)OC(C)(C)C)nc2ccccc2c1=O. The van der Waals surface area contributed by atoms with Crippen LogP contribution in [-0.4, -0.2) is 26.9 Å². The number of nitrogens with zero attached hydrogens (tertiary/aromatic N) is 2. The van der Waals surface area contributed by atoms with Crippen molar-refractivity contribution in [2.45, 2.75) is 51.3 Å². The molecule has 2 aromatic carbocycles. The number of ether oxygens (including phenoxy) is 1. The average Bonchev–Trinajstić information content (AvgIpc) is 2.65. The number of thioether (sulfide) groups is 1. The summed E-state index contributed by atoms with van der Waals surface area (Å²) in [4.78, 5) is 30.3. The van der Waals surface area contributed by atoms with E-state index in [1.807, 2.05) is 63.2 Å². The summed E-state index contributed by atoms with van der Waals surface area (Å²) in [5, 5.41) is 1.03. The van der Waals surface area contributed by atoms with Crippen LogP contribution in [0, 0.1) is 0 Å². The fourth-order valence-corrected chi connectivity index (χ4v) is 3.87. The summed E-state index contributed by atoms with van der Waals surface area (Å²) in [5.74, 6) is -0.0341. The van der Waals surface area contributed by atoms with E-state index in [9.17, 15) is 9.59 Å². The molecular formula is C23H26N2O3S. The van der Waals surface area contributed by atoms with Crippen LogP contribution in [0.5, 0.6) is 0 Å². The summed E-state index contributed by atoms with van der Waals surface area (Å²) in [6.07, 6.45) is 0. The molecule has 0 N–H and O–H groups in total. The Kier molecular flexibility index (Phi) is 6.13. The number of hydrogen-bond donors (Lipinski definition) is 0. The van der Waals surface area contributed by atoms with Gasteiger partial charge >= 0.3 is 5.97 Å². The molecule has 0 spiro atoms. The maximum atomic E-state index is 13.4. The van der Waals surface area contributed by atoms with E-state index < -0.39 is 5.60 Å². The van der Waals surface area contributed by atoms with Gasteiger partial charge in [-0.1, -0.05) is 55.9 Å². The van der Waals surface area contributed by atoms with Crippen molar-refractivity contribution in [2.24, 2.45) is 0 Å². The average molecular weight is 411 g/mol. The molecule has 0 fully saturated rings. The fourth-order valence-electron chi connectivity index (χ4n) is 3.10. The van der Waals surface area contributed by atoms with E-state index in [-0.39, 0.29) is 23.2 Å². The van der Waals surface area contributed by atoms with Crippen molar-refractivity contribution < 1.29 is 9.53 Å². The molecule has 3 rings (SSSR count). The summed E-state index contributed by atoms with van der Waals surface area (Å²) in [6, 6.07) is 15.1. The second-order valence-electron chi connectivity index (χ2n) is 8.14. The highest BCUT2D eigenvalue weighted by Crippen LogP contribution is 2.27. The first-order valence-electron chi connectivity index (χ1n) is 9.63. The van der Waals surface area contributed by atoms with Crippen LogP contribution in [0.2, 0.25) is 0 Å². The van der Waals surface area contributed by atoms with Gasteiger partial charge in [0.05, 0.1) is 22.3 Å². The topological polar surface area (TPSA) is 61.2 Å². The number of carbonyl (C=O) groups excluding carboxylic acids is 1. The van der Waals surface area contributed by atoms with Crippen molar-refractivity contribution in [3.63, 3.8) is 0 Å². The lowest BCUT2D eigenvalue weighted by Gasteiger charge is -2.20. The van der Waals surface area contributed by atoms with Crippen LogP contribution in [0.4, 0.5) is 0 Å². The summed E-state index contributed by atoms with van der Waals surface area (Å²) in [5.41, 5.74) is 1.75. The monoisotopic (exact) mass is 410 g/mol. The van der Waals surface area contributed by atoms with Gasteiger partial charge in [-0.25, -0.2) is 4.98 Å². The number of carbonyl (C=O) groups is 1. The third-order valence-electron chi connectivity index (χ3n) is 4.28.